The van der Waals surface area contributed by atoms with E-state index < -0.39 is 12.9 Å². The first-order valence-corrected chi connectivity index (χ1v) is 6.62. The zero-order chi connectivity index (χ0) is 15.0. The van der Waals surface area contributed by atoms with E-state index in [0.717, 1.165) is 22.9 Å². The topological polar surface area (TPSA) is 58.3 Å². The molecule has 0 radical (unpaired) electrons. The number of aryl methyl sites for hydroxylation is 1. The lowest BCUT2D eigenvalue weighted by Crippen LogP contribution is -2.30. The van der Waals surface area contributed by atoms with E-state index in [4.69, 9.17) is 10.0 Å². The van der Waals surface area contributed by atoms with Crippen LogP contribution in [-0.4, -0.2) is 26.7 Å². The first-order chi connectivity index (χ1) is 10.1. The maximum atomic E-state index is 14.1. The van der Waals surface area contributed by atoms with Crippen molar-refractivity contribution < 1.29 is 14.4 Å². The SMILES string of the molecule is Cc1nc2ccccc2n1Cc1ccc(B(O)O)cc1F. The lowest BCUT2D eigenvalue weighted by molar-refractivity contribution is 0.425. The van der Waals surface area contributed by atoms with E-state index in [1.165, 1.54) is 6.07 Å². The fourth-order valence-corrected chi connectivity index (χ4v) is 2.42. The van der Waals surface area contributed by atoms with Crippen molar-refractivity contribution in [2.24, 2.45) is 0 Å². The molecule has 0 saturated heterocycles. The maximum absolute atomic E-state index is 14.1. The van der Waals surface area contributed by atoms with Gasteiger partial charge in [0.15, 0.2) is 0 Å². The zero-order valence-electron chi connectivity index (χ0n) is 11.5. The monoisotopic (exact) mass is 284 g/mol. The average Bonchev–Trinajstić information content (AvgIpc) is 2.77. The molecule has 2 N–H and O–H groups in total. The second kappa shape index (κ2) is 5.31. The predicted octanol–water partition coefficient (Wildman–Crippen LogP) is 1.21. The summed E-state index contributed by atoms with van der Waals surface area (Å²) >= 11 is 0. The van der Waals surface area contributed by atoms with Crippen LogP contribution in [-0.2, 0) is 6.54 Å². The Labute approximate surface area is 121 Å². The molecule has 0 aliphatic carbocycles. The van der Waals surface area contributed by atoms with Crippen molar-refractivity contribution in [3.8, 4) is 0 Å². The fourth-order valence-electron chi connectivity index (χ4n) is 2.42. The van der Waals surface area contributed by atoms with Crippen LogP contribution in [0.2, 0.25) is 0 Å². The van der Waals surface area contributed by atoms with Crippen LogP contribution >= 0.6 is 0 Å². The average molecular weight is 284 g/mol. The van der Waals surface area contributed by atoms with Gasteiger partial charge in [0, 0.05) is 5.56 Å². The van der Waals surface area contributed by atoms with Crippen LogP contribution in [0.4, 0.5) is 4.39 Å². The molecule has 6 heteroatoms. The molecule has 0 aliphatic heterocycles. The molecule has 1 aromatic heterocycles. The predicted molar refractivity (Wildman–Crippen MR) is 79.8 cm³/mol. The van der Waals surface area contributed by atoms with Crippen LogP contribution in [0.25, 0.3) is 11.0 Å². The molecule has 1 heterocycles. The molecule has 0 fully saturated rings. The van der Waals surface area contributed by atoms with Gasteiger partial charge in [-0.3, -0.25) is 0 Å². The number of aromatic nitrogens is 2. The second-order valence-electron chi connectivity index (χ2n) is 4.96. The third kappa shape index (κ3) is 2.55. The number of hydrogen-bond acceptors (Lipinski definition) is 3. The van der Waals surface area contributed by atoms with Gasteiger partial charge in [-0.25, -0.2) is 9.37 Å². The lowest BCUT2D eigenvalue weighted by atomic mass is 9.80. The second-order valence-corrected chi connectivity index (χ2v) is 4.96. The van der Waals surface area contributed by atoms with Gasteiger partial charge in [0.25, 0.3) is 0 Å². The number of para-hydroxylation sites is 2. The molecule has 0 saturated carbocycles. The summed E-state index contributed by atoms with van der Waals surface area (Å²) in [6.07, 6.45) is 0. The smallest absolute Gasteiger partial charge is 0.423 e. The fraction of sp³-hybridized carbons (Fsp3) is 0.133. The van der Waals surface area contributed by atoms with Gasteiger partial charge in [0.05, 0.1) is 17.6 Å². The van der Waals surface area contributed by atoms with Crippen molar-refractivity contribution >= 4 is 23.6 Å². The Bertz CT molecular complexity index is 801. The summed E-state index contributed by atoms with van der Waals surface area (Å²) in [5.41, 5.74) is 2.44. The molecule has 3 rings (SSSR count). The summed E-state index contributed by atoms with van der Waals surface area (Å²) in [5.74, 6) is 0.347. The van der Waals surface area contributed by atoms with E-state index in [2.05, 4.69) is 4.98 Å². The van der Waals surface area contributed by atoms with E-state index in [1.807, 2.05) is 35.8 Å². The van der Waals surface area contributed by atoms with E-state index in [-0.39, 0.29) is 5.46 Å². The Morgan fingerprint density at radius 2 is 1.95 bits per heavy atom. The van der Waals surface area contributed by atoms with Gasteiger partial charge >= 0.3 is 7.12 Å². The molecule has 106 valence electrons. The molecule has 0 atom stereocenters. The standard InChI is InChI=1S/C15H14BFN2O2/c1-10-18-14-4-2-3-5-15(14)19(10)9-11-6-7-12(16(20)21)8-13(11)17/h2-8,20-21H,9H2,1H3. The minimum Gasteiger partial charge on any atom is -0.423 e. The molecule has 0 spiro atoms. The van der Waals surface area contributed by atoms with Crippen molar-refractivity contribution in [3.63, 3.8) is 0 Å². The zero-order valence-corrected chi connectivity index (χ0v) is 11.5. The number of nitrogens with zero attached hydrogens (tertiary/aromatic N) is 2. The highest BCUT2D eigenvalue weighted by atomic mass is 19.1. The van der Waals surface area contributed by atoms with Crippen molar-refractivity contribution in [3.05, 3.63) is 59.7 Å². The summed E-state index contributed by atoms with van der Waals surface area (Å²) < 4.78 is 16.0. The first kappa shape index (κ1) is 13.8. The van der Waals surface area contributed by atoms with Gasteiger partial charge in [0.2, 0.25) is 0 Å². The quantitative estimate of drug-likeness (QED) is 0.711. The van der Waals surface area contributed by atoms with Gasteiger partial charge in [-0.05, 0) is 30.6 Å². The van der Waals surface area contributed by atoms with E-state index in [9.17, 15) is 4.39 Å². The highest BCUT2D eigenvalue weighted by Crippen LogP contribution is 2.18. The Kier molecular flexibility index (Phi) is 3.49. The van der Waals surface area contributed by atoms with Crippen LogP contribution in [0.5, 0.6) is 0 Å². The Hall–Kier alpha value is -2.18. The summed E-state index contributed by atoms with van der Waals surface area (Å²) in [5, 5.41) is 18.1. The molecule has 21 heavy (non-hydrogen) atoms. The molecule has 2 aromatic carbocycles. The molecule has 0 amide bonds. The Balaban J connectivity index is 2.01. The largest absolute Gasteiger partial charge is 0.488 e. The number of fused-ring (bicyclic) bond motifs is 1. The molecular weight excluding hydrogens is 270 g/mol. The number of hydrogen-bond donors (Lipinski definition) is 2. The van der Waals surface area contributed by atoms with Gasteiger partial charge in [-0.15, -0.1) is 0 Å². The maximum Gasteiger partial charge on any atom is 0.488 e. The molecule has 0 aliphatic rings. The van der Waals surface area contributed by atoms with Gasteiger partial charge < -0.3 is 14.6 Å². The van der Waals surface area contributed by atoms with E-state index in [0.29, 0.717) is 12.1 Å². The Morgan fingerprint density at radius 1 is 1.19 bits per heavy atom. The number of benzene rings is 2. The van der Waals surface area contributed by atoms with Gasteiger partial charge in [-0.2, -0.15) is 0 Å². The van der Waals surface area contributed by atoms with Crippen LogP contribution in [0.15, 0.2) is 42.5 Å². The lowest BCUT2D eigenvalue weighted by Gasteiger charge is -2.09. The summed E-state index contributed by atoms with van der Waals surface area (Å²) in [6, 6.07) is 11.9. The number of halogens is 1. The molecule has 3 aromatic rings. The number of rotatable bonds is 3. The minimum absolute atomic E-state index is 0.142. The van der Waals surface area contributed by atoms with Crippen LogP contribution in [0.1, 0.15) is 11.4 Å². The Morgan fingerprint density at radius 3 is 2.67 bits per heavy atom. The van der Waals surface area contributed by atoms with E-state index in [1.54, 1.807) is 6.07 Å². The van der Waals surface area contributed by atoms with Crippen LogP contribution in [0.3, 0.4) is 0 Å². The number of imidazole rings is 1. The van der Waals surface area contributed by atoms with Crippen molar-refractivity contribution in [2.45, 2.75) is 13.5 Å². The van der Waals surface area contributed by atoms with Gasteiger partial charge in [-0.1, -0.05) is 24.3 Å². The third-order valence-corrected chi connectivity index (χ3v) is 3.55. The van der Waals surface area contributed by atoms with E-state index >= 15 is 0 Å². The molecule has 4 nitrogen and oxygen atoms in total. The van der Waals surface area contributed by atoms with Crippen molar-refractivity contribution in [2.75, 3.05) is 0 Å². The summed E-state index contributed by atoms with van der Waals surface area (Å²) in [6.45, 7) is 2.23. The molecule has 0 bridgehead atoms. The van der Waals surface area contributed by atoms with Crippen molar-refractivity contribution in [1.82, 2.24) is 9.55 Å². The highest BCUT2D eigenvalue weighted by molar-refractivity contribution is 6.58. The first-order valence-electron chi connectivity index (χ1n) is 6.62. The van der Waals surface area contributed by atoms with Crippen molar-refractivity contribution in [1.29, 1.82) is 0 Å². The van der Waals surface area contributed by atoms with Crippen LogP contribution < -0.4 is 5.46 Å². The van der Waals surface area contributed by atoms with Crippen LogP contribution in [0, 0.1) is 12.7 Å². The summed E-state index contributed by atoms with van der Waals surface area (Å²) in [7, 11) is -1.66. The highest BCUT2D eigenvalue weighted by Gasteiger charge is 2.15. The minimum atomic E-state index is -1.66. The third-order valence-electron chi connectivity index (χ3n) is 3.55. The molecule has 0 unspecified atom stereocenters. The summed E-state index contributed by atoms with van der Waals surface area (Å²) in [4.78, 5) is 4.45. The molecular formula is C15H14BFN2O2. The normalized spacial score (nSPS) is 11.0. The van der Waals surface area contributed by atoms with Gasteiger partial charge in [0.1, 0.15) is 11.6 Å².